The zero-order valence-corrected chi connectivity index (χ0v) is 47.3. The van der Waals surface area contributed by atoms with E-state index in [-0.39, 0.29) is 33.5 Å². The number of rotatable bonds is 26. The summed E-state index contributed by atoms with van der Waals surface area (Å²) in [6.45, 7) is 3.34. The number of aryl methyl sites for hydroxylation is 1. The van der Waals surface area contributed by atoms with Gasteiger partial charge in [0.1, 0.15) is 10.4 Å². The molecule has 73 heavy (non-hydrogen) atoms. The van der Waals surface area contributed by atoms with Gasteiger partial charge in [0.25, 0.3) is 0 Å². The van der Waals surface area contributed by atoms with Crippen molar-refractivity contribution in [3.63, 3.8) is 0 Å². The van der Waals surface area contributed by atoms with Crippen LogP contribution >= 0.6 is 15.8 Å². The Hall–Kier alpha value is -4.70. The fraction of sp³-hybridized carbons (Fsp3) is 0.312. The van der Waals surface area contributed by atoms with Crippen molar-refractivity contribution in [1.82, 2.24) is 0 Å². The molecule has 9 heteroatoms. The number of aliphatic hydroxyl groups is 1. The standard InChI is InChI=1S/C40H58NO4PS.C18H15P.C6H5.Ni/c1-35-29-31-36(32-30-35)39(42)40(46(37-25-19-17-20-26-37)38-27-21-18-22-28-38)47(43,44)45-34-24-16-14-12-10-8-6-5-7-9-11-13-15-23-33-41(2,3)4;1-4-10-16(11-5-1)19(17-12-6-2-7-13-17)18-14-8-3-9-15-18;1-2-4-6-5-3-1;/h17-22,25-32H,5-16,23-24,33-34H2,1-4H3;1-15H;1-5H;/q;;-1;+2/p+1/b40-39+;;;. The summed E-state index contributed by atoms with van der Waals surface area (Å²) < 4.78 is 34.6. The van der Waals surface area contributed by atoms with E-state index in [9.17, 15) is 13.5 Å². The second kappa shape index (κ2) is 34.7. The predicted molar refractivity (Wildman–Crippen MR) is 313 cm³/mol. The molecule has 1 N–H and O–H groups in total. The van der Waals surface area contributed by atoms with Crippen molar-refractivity contribution in [2.24, 2.45) is 0 Å². The van der Waals surface area contributed by atoms with Crippen molar-refractivity contribution in [2.75, 3.05) is 34.3 Å². The fourth-order valence-corrected chi connectivity index (χ4v) is 15.1. The molecule has 0 amide bonds. The van der Waals surface area contributed by atoms with Crippen LogP contribution in [0.4, 0.5) is 0 Å². The Morgan fingerprint density at radius 2 is 0.795 bits per heavy atom. The summed E-state index contributed by atoms with van der Waals surface area (Å²) in [5.74, 6) is -0.251. The molecule has 0 aliphatic carbocycles. The molecule has 0 radical (unpaired) electrons. The molecular weight excluding hydrogens is 999 g/mol. The van der Waals surface area contributed by atoms with Gasteiger partial charge in [0.15, 0.2) is 0 Å². The number of unbranched alkanes of at least 4 members (excludes halogenated alkanes) is 13. The van der Waals surface area contributed by atoms with E-state index in [1.54, 1.807) is 12.1 Å². The van der Waals surface area contributed by atoms with Crippen LogP contribution < -0.4 is 26.5 Å². The van der Waals surface area contributed by atoms with E-state index in [4.69, 9.17) is 4.18 Å². The first-order valence-electron chi connectivity index (χ1n) is 26.0. The Morgan fingerprint density at radius 1 is 0.466 bits per heavy atom. The largest absolute Gasteiger partial charge is 2.00 e. The van der Waals surface area contributed by atoms with Gasteiger partial charge in [-0.3, -0.25) is 4.18 Å². The summed E-state index contributed by atoms with van der Waals surface area (Å²) in [5.41, 5.74) is 1.49. The topological polar surface area (TPSA) is 63.6 Å². The quantitative estimate of drug-likeness (QED) is 0.0112. The molecule has 7 rings (SSSR count). The molecule has 7 aromatic carbocycles. The van der Waals surface area contributed by atoms with E-state index in [0.29, 0.717) is 12.0 Å². The molecule has 0 aromatic heterocycles. The number of hydrogen-bond acceptors (Lipinski definition) is 4. The molecular formula is C64H79NNiO4P2S+2. The summed E-state index contributed by atoms with van der Waals surface area (Å²) in [6.07, 6.45) is 17.2. The van der Waals surface area contributed by atoms with E-state index < -0.39 is 26.0 Å². The Labute approximate surface area is 453 Å². The minimum Gasteiger partial charge on any atom is -0.506 e. The van der Waals surface area contributed by atoms with Gasteiger partial charge in [-0.15, -0.1) is 0 Å². The Bertz CT molecular complexity index is 2460. The maximum absolute atomic E-state index is 14.0. The SMILES string of the molecule is Cc1ccc(/C(O)=C(/P(c2ccccc2)c2ccccc2)S(=O)(=O)OCCCCCCCCCCCCCCCC[N+](C)(C)C)cc1.[Ni+2].[c-]1ccccc1.c1ccc(P(c2ccccc2)c2ccccc2)cc1. The minimum atomic E-state index is -4.24. The van der Waals surface area contributed by atoms with Crippen LogP contribution in [-0.4, -0.2) is 52.3 Å². The Balaban J connectivity index is 0.000000359. The van der Waals surface area contributed by atoms with Crippen LogP contribution in [0.15, 0.2) is 211 Å². The normalized spacial score (nSPS) is 11.6. The molecule has 0 bridgehead atoms. The van der Waals surface area contributed by atoms with Gasteiger partial charge < -0.3 is 9.59 Å². The Kier molecular flexibility index (Phi) is 28.9. The second-order valence-corrected chi connectivity index (χ2v) is 25.4. The average molecular weight is 1080 g/mol. The van der Waals surface area contributed by atoms with Crippen LogP contribution in [0.25, 0.3) is 5.76 Å². The number of quaternary nitrogens is 1. The number of nitrogens with zero attached hydrogens (tertiary/aromatic N) is 1. The molecule has 0 heterocycles. The van der Waals surface area contributed by atoms with Crippen molar-refractivity contribution in [2.45, 2.75) is 96.8 Å². The summed E-state index contributed by atoms with van der Waals surface area (Å²) >= 11 is 0. The molecule has 7 aromatic rings. The van der Waals surface area contributed by atoms with Crippen LogP contribution in [0.2, 0.25) is 0 Å². The summed E-state index contributed by atoms with van der Waals surface area (Å²) in [5, 5.41) is 17.5. The van der Waals surface area contributed by atoms with Gasteiger partial charge >= 0.3 is 26.6 Å². The van der Waals surface area contributed by atoms with Crippen LogP contribution in [0.5, 0.6) is 0 Å². The van der Waals surface area contributed by atoms with Gasteiger partial charge in [0, 0.05) is 13.5 Å². The van der Waals surface area contributed by atoms with E-state index in [2.05, 4.69) is 118 Å². The summed E-state index contributed by atoms with van der Waals surface area (Å²) in [7, 11) is 0.514. The first kappa shape index (κ1) is 60.9. The minimum absolute atomic E-state index is 0. The zero-order chi connectivity index (χ0) is 51.1. The molecule has 0 spiro atoms. The van der Waals surface area contributed by atoms with Gasteiger partial charge in [-0.05, 0) is 60.6 Å². The van der Waals surface area contributed by atoms with Gasteiger partial charge in [-0.1, -0.05) is 252 Å². The number of benzene rings is 7. The molecule has 0 fully saturated rings. The van der Waals surface area contributed by atoms with Gasteiger partial charge in [-0.25, -0.2) is 0 Å². The van der Waals surface area contributed by atoms with E-state index >= 15 is 0 Å². The number of hydrogen-bond donors (Lipinski definition) is 1. The molecule has 0 aliphatic rings. The first-order valence-corrected chi connectivity index (χ1v) is 30.1. The van der Waals surface area contributed by atoms with Crippen LogP contribution in [0.3, 0.4) is 0 Å². The monoisotopic (exact) mass is 1080 g/mol. The van der Waals surface area contributed by atoms with Crippen molar-refractivity contribution < 1.29 is 38.7 Å². The molecule has 0 saturated heterocycles. The maximum Gasteiger partial charge on any atom is 2.00 e. The van der Waals surface area contributed by atoms with Crippen molar-refractivity contribution >= 4 is 58.2 Å². The van der Waals surface area contributed by atoms with E-state index in [0.717, 1.165) is 33.5 Å². The third kappa shape index (κ3) is 23.2. The van der Waals surface area contributed by atoms with Crippen LogP contribution in [0, 0.1) is 13.0 Å². The van der Waals surface area contributed by atoms with Crippen molar-refractivity contribution in [3.8, 4) is 0 Å². The van der Waals surface area contributed by atoms with Crippen molar-refractivity contribution in [1.29, 1.82) is 0 Å². The summed E-state index contributed by atoms with van der Waals surface area (Å²) in [6, 6.07) is 71.2. The molecule has 388 valence electrons. The molecule has 5 nitrogen and oxygen atoms in total. The van der Waals surface area contributed by atoms with Crippen LogP contribution in [0.1, 0.15) is 101 Å². The number of aliphatic hydroxyl groups excluding tert-OH is 1. The zero-order valence-electron chi connectivity index (χ0n) is 43.7. The second-order valence-electron chi connectivity index (χ2n) is 19.2. The molecule has 0 atom stereocenters. The molecule has 0 aliphatic heterocycles. The maximum atomic E-state index is 14.0. The third-order valence-electron chi connectivity index (χ3n) is 12.1. The van der Waals surface area contributed by atoms with Crippen LogP contribution in [-0.2, 0) is 30.8 Å². The average Bonchev–Trinajstić information content (AvgIpc) is 3.41. The van der Waals surface area contributed by atoms with Crippen molar-refractivity contribution in [3.05, 3.63) is 228 Å². The van der Waals surface area contributed by atoms with Gasteiger partial charge in [0.2, 0.25) is 0 Å². The fourth-order valence-electron chi connectivity index (χ4n) is 8.26. The van der Waals surface area contributed by atoms with Gasteiger partial charge in [-0.2, -0.15) is 44.8 Å². The Morgan fingerprint density at radius 3 is 1.12 bits per heavy atom. The molecule has 0 unspecified atom stereocenters. The third-order valence-corrected chi connectivity index (χ3v) is 19.2. The van der Waals surface area contributed by atoms with E-state index in [1.807, 2.05) is 110 Å². The predicted octanol–water partition coefficient (Wildman–Crippen LogP) is 14.8. The van der Waals surface area contributed by atoms with Gasteiger partial charge in [0.05, 0.1) is 34.3 Å². The van der Waals surface area contributed by atoms with E-state index in [1.165, 1.54) is 93.1 Å². The first-order chi connectivity index (χ1) is 35.0. The smallest absolute Gasteiger partial charge is 0.506 e. The molecule has 0 saturated carbocycles. The summed E-state index contributed by atoms with van der Waals surface area (Å²) in [4.78, 5) is 0.